The molecule has 4 aliphatic heterocycles. The zero-order valence-corrected chi connectivity index (χ0v) is 51.0. The van der Waals surface area contributed by atoms with E-state index < -0.39 is 0 Å². The van der Waals surface area contributed by atoms with Gasteiger partial charge in [-0.15, -0.1) is 0 Å². The highest BCUT2D eigenvalue weighted by Crippen LogP contribution is 2.51. The number of para-hydroxylation sites is 4. The molecule has 0 bridgehead atoms. The van der Waals surface area contributed by atoms with E-state index >= 15 is 0 Å². The minimum atomic E-state index is 0.120. The van der Waals surface area contributed by atoms with Gasteiger partial charge in [-0.3, -0.25) is 0 Å². The molecule has 0 aliphatic carbocycles. The smallest absolute Gasteiger partial charge is 0.329 e. The van der Waals surface area contributed by atoms with E-state index in [1.165, 1.54) is 198 Å². The summed E-state index contributed by atoms with van der Waals surface area (Å²) in [6.07, 6.45) is 0. The van der Waals surface area contributed by atoms with Crippen molar-refractivity contribution in [2.45, 2.75) is 0 Å². The molecule has 0 fully saturated rings. The molecule has 4 aliphatic rings. The third-order valence-electron chi connectivity index (χ3n) is 21.5. The number of nitrogens with zero attached hydrogens (tertiary/aromatic N) is 4. The van der Waals surface area contributed by atoms with Crippen LogP contribution in [-0.4, -0.2) is 31.8 Å². The molecule has 0 N–H and O–H groups in total. The normalized spacial score (nSPS) is 12.9. The Bertz CT molecular complexity index is 6460. The fourth-order valence-electron chi connectivity index (χ4n) is 17.8. The van der Waals surface area contributed by atoms with Crippen molar-refractivity contribution in [3.05, 3.63) is 315 Å². The Kier molecular flexibility index (Phi) is 10.1. The third kappa shape index (κ3) is 6.68. The second-order valence-electron chi connectivity index (χ2n) is 26.1. The van der Waals surface area contributed by atoms with Gasteiger partial charge in [-0.25, -0.2) is 0 Å². The highest BCUT2D eigenvalue weighted by Gasteiger charge is 2.42. The van der Waals surface area contributed by atoms with Crippen LogP contribution in [0.1, 0.15) is 0 Å². The van der Waals surface area contributed by atoms with Crippen molar-refractivity contribution in [3.8, 4) is 78.1 Å². The lowest BCUT2D eigenvalue weighted by Gasteiger charge is -2.32. The van der Waals surface area contributed by atoms with Crippen molar-refractivity contribution < 1.29 is 0 Å². The molecule has 6 heteroatoms. The standard InChI is InChI=1S/C46H27BN2.C42H25BN2/c1-2-14-31-28(12-1)13-11-19-32(31)29-24-37-33-15-3-7-20-41(33)47-42-21-8-4-16-34(42)39-26-30(27-40-38(25-29)45(37)49(47)46(39)40)48-43-22-9-5-17-35(43)36-18-6-10-23-44(36)48;1-2-12-26(13-3-1)27-22-33-29-14-4-8-18-37(29)43-38-19-9-5-15-30(38)35-24-28(25-36-34(23-27)41(33)45(43)42(35)36)44-39-20-10-6-16-31(39)32-17-7-11-21-40(32)44/h1-27H;1-25H. The lowest BCUT2D eigenvalue weighted by Crippen LogP contribution is -2.53. The van der Waals surface area contributed by atoms with Crippen LogP contribution < -0.4 is 21.9 Å². The Labute approximate surface area is 541 Å². The Hall–Kier alpha value is -12.1. The van der Waals surface area contributed by atoms with Crippen molar-refractivity contribution in [2.75, 3.05) is 0 Å². The summed E-state index contributed by atoms with van der Waals surface area (Å²) in [6.45, 7) is 0.258. The van der Waals surface area contributed by atoms with Gasteiger partial charge < -0.3 is 18.1 Å². The van der Waals surface area contributed by atoms with E-state index in [1.807, 2.05) is 0 Å². The summed E-state index contributed by atoms with van der Waals surface area (Å²) < 4.78 is 10.3. The first-order valence-electron chi connectivity index (χ1n) is 32.9. The van der Waals surface area contributed by atoms with Crippen LogP contribution >= 0.6 is 0 Å². The maximum absolute atomic E-state index is 2.67. The number of hydrogen-bond donors (Lipinski definition) is 0. The van der Waals surface area contributed by atoms with E-state index in [0.717, 1.165) is 0 Å². The first-order valence-corrected chi connectivity index (χ1v) is 32.9. The van der Waals surface area contributed by atoms with Crippen LogP contribution in [0, 0.1) is 0 Å². The summed E-state index contributed by atoms with van der Waals surface area (Å²) in [6, 6.07) is 118. The van der Waals surface area contributed by atoms with Crippen molar-refractivity contribution in [1.82, 2.24) is 18.1 Å². The highest BCUT2D eigenvalue weighted by atomic mass is 15.0. The second kappa shape index (κ2) is 18.8. The minimum Gasteiger partial charge on any atom is -0.375 e. The van der Waals surface area contributed by atoms with Crippen LogP contribution in [-0.2, 0) is 0 Å². The lowest BCUT2D eigenvalue weighted by atomic mass is 9.45. The SMILES string of the molecule is c1ccc(-c2cc3c4c(c2)c2cc(-n5c6ccccc6c6ccccc65)cc5c2n4B(c2ccccc2-3)c2ccccc2-5)cc1.c1ccc2c(c1)B1c3ccccc3-c3cc(-n4c5ccccc5c5ccccc54)cc4c5cc(-c6cccc7ccccc67)cc-2c5n1c34. The average molecular weight is 1190 g/mol. The van der Waals surface area contributed by atoms with Gasteiger partial charge in [-0.2, -0.15) is 0 Å². The van der Waals surface area contributed by atoms with E-state index in [9.17, 15) is 0 Å². The summed E-state index contributed by atoms with van der Waals surface area (Å²) in [5.41, 5.74) is 33.7. The molecule has 23 rings (SSSR count). The molecule has 0 unspecified atom stereocenters. The third-order valence-corrected chi connectivity index (χ3v) is 21.5. The molecule has 0 atom stereocenters. The predicted molar refractivity (Wildman–Crippen MR) is 399 cm³/mol. The van der Waals surface area contributed by atoms with Crippen LogP contribution in [0.15, 0.2) is 315 Å². The van der Waals surface area contributed by atoms with E-state index in [1.54, 1.807) is 0 Å². The molecule has 4 aromatic heterocycles. The maximum Gasteiger partial charge on any atom is 0.329 e. The maximum atomic E-state index is 2.67. The van der Waals surface area contributed by atoms with Gasteiger partial charge in [0.15, 0.2) is 0 Å². The summed E-state index contributed by atoms with van der Waals surface area (Å²) in [5, 5.41) is 12.9. The Morgan fingerprint density at radius 1 is 0.191 bits per heavy atom. The number of aromatic nitrogens is 4. The van der Waals surface area contributed by atoms with Gasteiger partial charge in [-0.05, 0) is 150 Å². The van der Waals surface area contributed by atoms with Gasteiger partial charge in [0.05, 0.1) is 22.1 Å². The molecule has 94 heavy (non-hydrogen) atoms. The van der Waals surface area contributed by atoms with Crippen molar-refractivity contribution in [3.63, 3.8) is 0 Å². The summed E-state index contributed by atoms with van der Waals surface area (Å²) >= 11 is 0. The van der Waals surface area contributed by atoms with Crippen LogP contribution in [0.2, 0.25) is 0 Å². The number of benzene rings is 15. The minimum absolute atomic E-state index is 0.120. The average Bonchev–Trinajstić information content (AvgIpc) is 1.50. The van der Waals surface area contributed by atoms with Crippen molar-refractivity contribution >= 4 is 134 Å². The number of rotatable bonds is 4. The summed E-state index contributed by atoms with van der Waals surface area (Å²) in [4.78, 5) is 0. The molecular formula is C88H52B2N4. The van der Waals surface area contributed by atoms with E-state index in [-0.39, 0.29) is 13.7 Å². The van der Waals surface area contributed by atoms with Crippen molar-refractivity contribution in [2.24, 2.45) is 0 Å². The first-order chi connectivity index (χ1) is 46.7. The fraction of sp³-hybridized carbons (Fsp3) is 0. The van der Waals surface area contributed by atoms with Gasteiger partial charge in [0.25, 0.3) is 0 Å². The van der Waals surface area contributed by atoms with E-state index in [0.29, 0.717) is 0 Å². The quantitative estimate of drug-likeness (QED) is 0.157. The van der Waals surface area contributed by atoms with Gasteiger partial charge in [0.2, 0.25) is 0 Å². The van der Waals surface area contributed by atoms with Gasteiger partial charge in [0.1, 0.15) is 0 Å². The van der Waals surface area contributed by atoms with Crippen LogP contribution in [0.25, 0.3) is 176 Å². The predicted octanol–water partition coefficient (Wildman–Crippen LogP) is 19.5. The van der Waals surface area contributed by atoms with Crippen LogP contribution in [0.3, 0.4) is 0 Å². The molecule has 0 radical (unpaired) electrons. The van der Waals surface area contributed by atoms with E-state index in [2.05, 4.69) is 334 Å². The van der Waals surface area contributed by atoms with Crippen LogP contribution in [0.5, 0.6) is 0 Å². The lowest BCUT2D eigenvalue weighted by molar-refractivity contribution is 1.18. The molecule has 0 saturated carbocycles. The molecular weight excluding hydrogens is 1130 g/mol. The first kappa shape index (κ1) is 50.6. The van der Waals surface area contributed by atoms with E-state index in [4.69, 9.17) is 0 Å². The fourth-order valence-corrected chi connectivity index (χ4v) is 17.8. The largest absolute Gasteiger partial charge is 0.375 e. The molecule has 0 saturated heterocycles. The van der Waals surface area contributed by atoms with Gasteiger partial charge in [0, 0.05) is 98.8 Å². The zero-order chi connectivity index (χ0) is 61.0. The number of hydrogen-bond acceptors (Lipinski definition) is 0. The summed E-state index contributed by atoms with van der Waals surface area (Å²) in [5.74, 6) is 0. The van der Waals surface area contributed by atoms with Crippen LogP contribution in [0.4, 0.5) is 0 Å². The van der Waals surface area contributed by atoms with Gasteiger partial charge in [-0.1, -0.05) is 243 Å². The molecule has 4 nitrogen and oxygen atoms in total. The Morgan fingerprint density at radius 2 is 0.511 bits per heavy atom. The molecule has 0 spiro atoms. The topological polar surface area (TPSA) is 19.7 Å². The van der Waals surface area contributed by atoms with Gasteiger partial charge >= 0.3 is 13.7 Å². The monoisotopic (exact) mass is 1190 g/mol. The number of fused-ring (bicyclic) bond motifs is 21. The summed E-state index contributed by atoms with van der Waals surface area (Å²) in [7, 11) is 0. The molecule has 430 valence electrons. The Balaban J connectivity index is 0.000000123. The second-order valence-corrected chi connectivity index (χ2v) is 26.1. The highest BCUT2D eigenvalue weighted by molar-refractivity contribution is 6.89. The Morgan fingerprint density at radius 3 is 0.957 bits per heavy atom. The molecule has 0 amide bonds. The molecule has 15 aromatic carbocycles. The zero-order valence-electron chi connectivity index (χ0n) is 51.0. The molecule has 8 heterocycles. The molecule has 19 aromatic rings. The van der Waals surface area contributed by atoms with Crippen molar-refractivity contribution in [1.29, 1.82) is 0 Å².